The van der Waals surface area contributed by atoms with Crippen LogP contribution in [0.5, 0.6) is 0 Å². The van der Waals surface area contributed by atoms with Crippen LogP contribution in [0, 0.1) is 12.7 Å². The molecule has 4 aliphatic rings. The number of carbonyl (C=O) groups excluding carboxylic acids is 2. The summed E-state index contributed by atoms with van der Waals surface area (Å²) >= 11 is 0. The predicted molar refractivity (Wildman–Crippen MR) is 191 cm³/mol. The molecule has 2 aromatic carbocycles. The minimum atomic E-state index is -4.14. The zero-order valence-corrected chi connectivity index (χ0v) is 30.5. The average molecular weight is 725 g/mol. The van der Waals surface area contributed by atoms with Crippen LogP contribution in [-0.4, -0.2) is 114 Å². The quantitative estimate of drug-likeness (QED) is 0.346. The van der Waals surface area contributed by atoms with Crippen molar-refractivity contribution in [2.24, 2.45) is 0 Å². The van der Waals surface area contributed by atoms with Crippen LogP contribution in [0.1, 0.15) is 63.1 Å². The number of amides is 2. The minimum Gasteiger partial charge on any atom is -0.422 e. The Hall–Kier alpha value is -4.05. The van der Waals surface area contributed by atoms with Gasteiger partial charge in [-0.2, -0.15) is 12.7 Å². The molecule has 0 aliphatic carbocycles. The normalized spacial score (nSPS) is 22.4. The molecule has 1 aromatic heterocycles. The fraction of sp³-hybridized carbons (Fsp3) is 0.528. The fourth-order valence-electron chi connectivity index (χ4n) is 8.44. The van der Waals surface area contributed by atoms with E-state index < -0.39 is 33.5 Å². The fourth-order valence-corrected chi connectivity index (χ4v) is 10.1. The summed E-state index contributed by atoms with van der Waals surface area (Å²) in [7, 11) is 2.89. The maximum absolute atomic E-state index is 15.7. The summed E-state index contributed by atoms with van der Waals surface area (Å²) < 4.78 is 56.9. The van der Waals surface area contributed by atoms with Crippen molar-refractivity contribution >= 4 is 44.4 Å². The molecule has 0 spiro atoms. The molecule has 0 saturated carbocycles. The second-order valence-electron chi connectivity index (χ2n) is 14.4. The van der Waals surface area contributed by atoms with E-state index in [9.17, 15) is 22.8 Å². The number of fused-ring (bicyclic) bond motifs is 5. The van der Waals surface area contributed by atoms with Crippen LogP contribution in [0.2, 0.25) is 0 Å². The van der Waals surface area contributed by atoms with E-state index >= 15 is 4.39 Å². The van der Waals surface area contributed by atoms with Crippen LogP contribution in [0.3, 0.4) is 0 Å². The highest BCUT2D eigenvalue weighted by Crippen LogP contribution is 2.39. The largest absolute Gasteiger partial charge is 0.422 e. The lowest BCUT2D eigenvalue weighted by molar-refractivity contribution is 0.0727. The van der Waals surface area contributed by atoms with Gasteiger partial charge in [0.2, 0.25) is 0 Å². The van der Waals surface area contributed by atoms with Crippen molar-refractivity contribution in [1.29, 1.82) is 0 Å². The van der Waals surface area contributed by atoms with E-state index in [1.807, 2.05) is 13.0 Å². The number of ether oxygens (including phenoxy) is 1. The number of hydrogen-bond acceptors (Lipinski definition) is 10. The van der Waals surface area contributed by atoms with Gasteiger partial charge in [0.05, 0.1) is 41.6 Å². The lowest BCUT2D eigenvalue weighted by Crippen LogP contribution is -2.53. The molecule has 4 aliphatic heterocycles. The summed E-state index contributed by atoms with van der Waals surface area (Å²) in [5.41, 5.74) is 2.69. The first-order chi connectivity index (χ1) is 24.3. The van der Waals surface area contributed by atoms with E-state index in [-0.39, 0.29) is 48.0 Å². The molecule has 15 heteroatoms. The van der Waals surface area contributed by atoms with Gasteiger partial charge < -0.3 is 23.9 Å². The summed E-state index contributed by atoms with van der Waals surface area (Å²) in [5, 5.41) is 0.814. The Kier molecular flexibility index (Phi) is 9.35. The molecule has 274 valence electrons. The number of carbonyl (C=O) groups is 2. The Labute approximate surface area is 297 Å². The van der Waals surface area contributed by atoms with Crippen LogP contribution in [0.25, 0.3) is 11.0 Å². The zero-order valence-electron chi connectivity index (χ0n) is 29.7. The van der Waals surface area contributed by atoms with Crippen molar-refractivity contribution in [2.45, 2.75) is 63.7 Å². The number of likely N-dealkylation sites (N-methyl/N-ethyl adjacent to an activating group) is 1. The van der Waals surface area contributed by atoms with Crippen molar-refractivity contribution in [2.75, 3.05) is 70.8 Å². The third-order valence-electron chi connectivity index (χ3n) is 11.2. The van der Waals surface area contributed by atoms with Crippen LogP contribution < -0.4 is 20.1 Å². The van der Waals surface area contributed by atoms with E-state index in [1.165, 1.54) is 20.2 Å². The smallest absolute Gasteiger partial charge is 0.341 e. The van der Waals surface area contributed by atoms with Crippen molar-refractivity contribution in [1.82, 2.24) is 18.8 Å². The molecular weight excluding hydrogens is 679 g/mol. The molecule has 2 amide bonds. The SMILES string of the molecule is COC[C@H]1CN(c2ccc3c4c(c(=O)oc3c2C)CN(C(=O)c2cc(N(C)C)c(C(=O)NS(=O)(=O)N3C5CCC3CC5)cc2F)CC4)CCN1C. The van der Waals surface area contributed by atoms with Crippen LogP contribution in [0.15, 0.2) is 33.5 Å². The predicted octanol–water partition coefficient (Wildman–Crippen LogP) is 2.87. The van der Waals surface area contributed by atoms with Gasteiger partial charge in [-0.1, -0.05) is 0 Å². The minimum absolute atomic E-state index is 0.0697. The lowest BCUT2D eigenvalue weighted by atomic mass is 9.95. The maximum Gasteiger partial charge on any atom is 0.341 e. The molecule has 3 saturated heterocycles. The van der Waals surface area contributed by atoms with E-state index in [2.05, 4.69) is 27.6 Å². The van der Waals surface area contributed by atoms with Crippen LogP contribution in [0.4, 0.5) is 15.8 Å². The molecule has 0 radical (unpaired) electrons. The van der Waals surface area contributed by atoms with E-state index in [0.717, 1.165) is 73.6 Å². The van der Waals surface area contributed by atoms with Gasteiger partial charge in [0.25, 0.3) is 11.8 Å². The van der Waals surface area contributed by atoms with Gasteiger partial charge in [-0.05, 0) is 75.9 Å². The van der Waals surface area contributed by atoms with Gasteiger partial charge in [0.1, 0.15) is 11.4 Å². The standard InChI is InChI=1S/C36H45FN6O7S/c1-21-31(41-15-14-40(4)24(18-41)20-49-5)11-10-26-25-12-13-42(19-29(25)36(46)50-33(21)26)35(45)27-17-32(39(2)3)28(16-30(27)37)34(44)38-51(47,48)43-22-6-7-23(43)9-8-22/h10-11,16-17,22-24H,6-9,12-15,18-20H2,1-5H3,(H,38,44)/t22?,23?,24-/m1/s1. The lowest BCUT2D eigenvalue weighted by Gasteiger charge is -2.41. The Morgan fingerprint density at radius 1 is 1.04 bits per heavy atom. The van der Waals surface area contributed by atoms with Crippen molar-refractivity contribution in [3.8, 4) is 0 Å². The first-order valence-electron chi connectivity index (χ1n) is 17.5. The third kappa shape index (κ3) is 6.27. The molecule has 3 fully saturated rings. The second-order valence-corrected chi connectivity index (χ2v) is 16.0. The van der Waals surface area contributed by atoms with Crippen LogP contribution >= 0.6 is 0 Å². The summed E-state index contributed by atoms with van der Waals surface area (Å²) in [6.07, 6.45) is 3.37. The topological polar surface area (TPSA) is 136 Å². The number of anilines is 2. The number of hydrogen-bond donors (Lipinski definition) is 1. The number of rotatable bonds is 8. The van der Waals surface area contributed by atoms with Gasteiger partial charge in [0, 0.05) is 76.1 Å². The summed E-state index contributed by atoms with van der Waals surface area (Å²) in [6.45, 7) is 5.21. The number of benzene rings is 2. The molecule has 5 heterocycles. The van der Waals surface area contributed by atoms with E-state index in [1.54, 1.807) is 21.2 Å². The molecule has 7 rings (SSSR count). The molecule has 0 unspecified atom stereocenters. The molecule has 2 bridgehead atoms. The van der Waals surface area contributed by atoms with Crippen molar-refractivity contribution < 1.29 is 31.6 Å². The Balaban J connectivity index is 1.13. The zero-order chi connectivity index (χ0) is 36.4. The second kappa shape index (κ2) is 13.5. The average Bonchev–Trinajstić information content (AvgIpc) is 3.72. The van der Waals surface area contributed by atoms with Gasteiger partial charge >= 0.3 is 15.8 Å². The van der Waals surface area contributed by atoms with Crippen molar-refractivity contribution in [3.05, 3.63) is 68.3 Å². The number of piperazine rings is 1. The number of aryl methyl sites for hydroxylation is 1. The highest BCUT2D eigenvalue weighted by Gasteiger charge is 2.47. The Morgan fingerprint density at radius 3 is 2.41 bits per heavy atom. The summed E-state index contributed by atoms with van der Waals surface area (Å²) in [4.78, 5) is 48.1. The van der Waals surface area contributed by atoms with Crippen LogP contribution in [-0.2, 0) is 27.9 Å². The van der Waals surface area contributed by atoms with E-state index in [0.29, 0.717) is 24.2 Å². The first-order valence-corrected chi connectivity index (χ1v) is 18.9. The maximum atomic E-state index is 15.7. The third-order valence-corrected chi connectivity index (χ3v) is 12.8. The number of halogens is 1. The summed E-state index contributed by atoms with van der Waals surface area (Å²) in [5.74, 6) is -2.59. The Morgan fingerprint density at radius 2 is 1.75 bits per heavy atom. The van der Waals surface area contributed by atoms with Crippen molar-refractivity contribution in [3.63, 3.8) is 0 Å². The number of nitrogens with one attached hydrogen (secondary N) is 1. The Bertz CT molecular complexity index is 2050. The van der Waals surface area contributed by atoms with Gasteiger partial charge in [0.15, 0.2) is 0 Å². The number of methoxy groups -OCH3 is 1. The number of nitrogens with zero attached hydrogens (tertiary/aromatic N) is 5. The first kappa shape index (κ1) is 35.4. The molecule has 1 N–H and O–H groups in total. The highest BCUT2D eigenvalue weighted by atomic mass is 32.2. The van der Waals surface area contributed by atoms with Gasteiger partial charge in [-0.25, -0.2) is 13.9 Å². The molecule has 51 heavy (non-hydrogen) atoms. The molecular formula is C36H45FN6O7S. The van der Waals surface area contributed by atoms with E-state index in [4.69, 9.17) is 9.15 Å². The molecule has 3 aromatic rings. The van der Waals surface area contributed by atoms with Gasteiger partial charge in [-0.15, -0.1) is 0 Å². The van der Waals surface area contributed by atoms with Gasteiger partial charge in [-0.3, -0.25) is 14.5 Å². The molecule has 1 atom stereocenters. The molecule has 13 nitrogen and oxygen atoms in total. The monoisotopic (exact) mass is 724 g/mol. The summed E-state index contributed by atoms with van der Waals surface area (Å²) in [6, 6.07) is 6.15. The highest BCUT2D eigenvalue weighted by molar-refractivity contribution is 7.87.